The molecule has 0 spiro atoms. The van der Waals surface area contributed by atoms with Crippen molar-refractivity contribution in [2.24, 2.45) is 5.92 Å². The average molecular weight is 934 g/mol. The lowest BCUT2D eigenvalue weighted by atomic mass is 9.99. The first-order chi connectivity index (χ1) is 32.4. The van der Waals surface area contributed by atoms with Gasteiger partial charge < -0.3 is 14.2 Å². The summed E-state index contributed by atoms with van der Waals surface area (Å²) in [5.74, 6) is 0.0756. The lowest BCUT2D eigenvalue weighted by Crippen LogP contribution is -2.30. The standard InChI is InChI=1S/C60H116O6/c1-5-8-10-12-14-16-18-19-24-28-32-35-39-43-47-51-58(61)64-54-57(66-60(63)53-49-45-41-37-30-17-15-13-11-9-6-2)55-65-59(62)52-48-44-40-36-33-29-26-23-21-20-22-25-27-31-34-38-42-46-50-56(4)7-3/h56-57H,5-55H2,1-4H3/t56?,57-/m0/s1. The van der Waals surface area contributed by atoms with Gasteiger partial charge in [-0.15, -0.1) is 0 Å². The van der Waals surface area contributed by atoms with Gasteiger partial charge in [0, 0.05) is 19.3 Å². The fourth-order valence-corrected chi connectivity index (χ4v) is 9.25. The zero-order chi connectivity index (χ0) is 48.1. The molecular weight excluding hydrogens is 817 g/mol. The lowest BCUT2D eigenvalue weighted by Gasteiger charge is -2.18. The van der Waals surface area contributed by atoms with Crippen LogP contribution in [0, 0.1) is 5.92 Å². The number of carbonyl (C=O) groups is 3. The van der Waals surface area contributed by atoms with Gasteiger partial charge in [0.2, 0.25) is 0 Å². The molecule has 0 bridgehead atoms. The molecule has 6 nitrogen and oxygen atoms in total. The van der Waals surface area contributed by atoms with E-state index in [0.717, 1.165) is 63.7 Å². The number of carbonyl (C=O) groups excluding carboxylic acids is 3. The monoisotopic (exact) mass is 933 g/mol. The van der Waals surface area contributed by atoms with E-state index >= 15 is 0 Å². The zero-order valence-corrected chi connectivity index (χ0v) is 45.2. The number of esters is 3. The van der Waals surface area contributed by atoms with Gasteiger partial charge in [-0.3, -0.25) is 14.4 Å². The predicted molar refractivity (Wildman–Crippen MR) is 284 cm³/mol. The van der Waals surface area contributed by atoms with Crippen LogP contribution in [0.2, 0.25) is 0 Å². The van der Waals surface area contributed by atoms with Crippen LogP contribution in [-0.2, 0) is 28.6 Å². The third kappa shape index (κ3) is 51.8. The van der Waals surface area contributed by atoms with Gasteiger partial charge in [0.1, 0.15) is 13.2 Å². The van der Waals surface area contributed by atoms with Crippen molar-refractivity contribution in [3.8, 4) is 0 Å². The van der Waals surface area contributed by atoms with Crippen LogP contribution in [0.5, 0.6) is 0 Å². The Morgan fingerprint density at radius 2 is 0.530 bits per heavy atom. The summed E-state index contributed by atoms with van der Waals surface area (Å²) in [5, 5.41) is 0. The van der Waals surface area contributed by atoms with Gasteiger partial charge in [-0.2, -0.15) is 0 Å². The van der Waals surface area contributed by atoms with E-state index in [1.54, 1.807) is 0 Å². The van der Waals surface area contributed by atoms with Gasteiger partial charge in [0.05, 0.1) is 0 Å². The summed E-state index contributed by atoms with van der Waals surface area (Å²) in [7, 11) is 0. The first-order valence-electron chi connectivity index (χ1n) is 29.9. The van der Waals surface area contributed by atoms with Crippen LogP contribution in [0.1, 0.15) is 342 Å². The van der Waals surface area contributed by atoms with Crippen molar-refractivity contribution in [3.63, 3.8) is 0 Å². The Bertz CT molecular complexity index is 998. The number of ether oxygens (including phenoxy) is 3. The normalized spacial score (nSPS) is 12.4. The molecule has 0 heterocycles. The SMILES string of the molecule is CCCCCCCCCCCCCCCCCC(=O)OC[C@@H](COC(=O)CCCCCCCCCCCCCCCCCCCCC(C)CC)OC(=O)CCCCCCCCCCCCC. The van der Waals surface area contributed by atoms with Crippen LogP contribution in [-0.4, -0.2) is 37.2 Å². The topological polar surface area (TPSA) is 78.9 Å². The number of unbranched alkanes of at least 4 members (excludes halogenated alkanes) is 41. The molecular formula is C60H116O6. The summed E-state index contributed by atoms with van der Waals surface area (Å²) in [6, 6.07) is 0. The summed E-state index contributed by atoms with van der Waals surface area (Å²) in [4.78, 5) is 38.1. The van der Waals surface area contributed by atoms with Gasteiger partial charge in [-0.05, 0) is 25.2 Å². The van der Waals surface area contributed by atoms with E-state index in [2.05, 4.69) is 27.7 Å². The molecule has 392 valence electrons. The molecule has 0 rings (SSSR count). The summed E-state index contributed by atoms with van der Waals surface area (Å²) in [6.07, 6.45) is 59.5. The number of hydrogen-bond acceptors (Lipinski definition) is 6. The summed E-state index contributed by atoms with van der Waals surface area (Å²) < 4.78 is 16.9. The lowest BCUT2D eigenvalue weighted by molar-refractivity contribution is -0.167. The molecule has 0 aliphatic heterocycles. The molecule has 0 N–H and O–H groups in total. The Morgan fingerprint density at radius 1 is 0.303 bits per heavy atom. The van der Waals surface area contributed by atoms with E-state index in [0.29, 0.717) is 19.3 Å². The molecule has 66 heavy (non-hydrogen) atoms. The molecule has 0 aromatic rings. The second-order valence-corrected chi connectivity index (χ2v) is 20.9. The largest absolute Gasteiger partial charge is 0.462 e. The Morgan fingerprint density at radius 3 is 0.788 bits per heavy atom. The average Bonchev–Trinajstić information content (AvgIpc) is 3.32. The third-order valence-corrected chi connectivity index (χ3v) is 14.2. The smallest absolute Gasteiger partial charge is 0.306 e. The van der Waals surface area contributed by atoms with Crippen LogP contribution in [0.3, 0.4) is 0 Å². The highest BCUT2D eigenvalue weighted by Gasteiger charge is 2.19. The van der Waals surface area contributed by atoms with Crippen molar-refractivity contribution in [1.82, 2.24) is 0 Å². The minimum Gasteiger partial charge on any atom is -0.462 e. The molecule has 0 aromatic heterocycles. The van der Waals surface area contributed by atoms with E-state index in [1.165, 1.54) is 238 Å². The summed E-state index contributed by atoms with van der Waals surface area (Å²) >= 11 is 0. The van der Waals surface area contributed by atoms with E-state index in [4.69, 9.17) is 14.2 Å². The molecule has 2 atom stereocenters. The molecule has 0 aromatic carbocycles. The Balaban J connectivity index is 4.19. The van der Waals surface area contributed by atoms with E-state index in [1.807, 2.05) is 0 Å². The Kier molecular flexibility index (Phi) is 53.0. The molecule has 6 heteroatoms. The summed E-state index contributed by atoms with van der Waals surface area (Å²) in [5.41, 5.74) is 0. The highest BCUT2D eigenvalue weighted by atomic mass is 16.6. The number of rotatable bonds is 55. The second-order valence-electron chi connectivity index (χ2n) is 20.9. The van der Waals surface area contributed by atoms with Crippen LogP contribution >= 0.6 is 0 Å². The zero-order valence-electron chi connectivity index (χ0n) is 45.2. The van der Waals surface area contributed by atoms with Crippen molar-refractivity contribution < 1.29 is 28.6 Å². The third-order valence-electron chi connectivity index (χ3n) is 14.2. The van der Waals surface area contributed by atoms with Crippen LogP contribution in [0.25, 0.3) is 0 Å². The maximum absolute atomic E-state index is 12.8. The fourth-order valence-electron chi connectivity index (χ4n) is 9.25. The van der Waals surface area contributed by atoms with Gasteiger partial charge in [-0.1, -0.05) is 304 Å². The molecule has 0 amide bonds. The second kappa shape index (κ2) is 54.4. The molecule has 0 radical (unpaired) electrons. The predicted octanol–water partition coefficient (Wildman–Crippen LogP) is 19.8. The van der Waals surface area contributed by atoms with Gasteiger partial charge in [0.25, 0.3) is 0 Å². The Labute approximate surface area is 412 Å². The minimum absolute atomic E-state index is 0.0617. The molecule has 1 unspecified atom stereocenters. The highest BCUT2D eigenvalue weighted by molar-refractivity contribution is 5.71. The summed E-state index contributed by atoms with van der Waals surface area (Å²) in [6.45, 7) is 9.10. The van der Waals surface area contributed by atoms with E-state index in [-0.39, 0.29) is 31.1 Å². The first-order valence-corrected chi connectivity index (χ1v) is 29.9. The molecule has 0 saturated carbocycles. The van der Waals surface area contributed by atoms with Crippen LogP contribution in [0.4, 0.5) is 0 Å². The highest BCUT2D eigenvalue weighted by Crippen LogP contribution is 2.19. The first kappa shape index (κ1) is 64.4. The van der Waals surface area contributed by atoms with Crippen LogP contribution < -0.4 is 0 Å². The van der Waals surface area contributed by atoms with Crippen molar-refractivity contribution >= 4 is 17.9 Å². The van der Waals surface area contributed by atoms with Crippen molar-refractivity contribution in [2.75, 3.05) is 13.2 Å². The fraction of sp³-hybridized carbons (Fsp3) is 0.950. The van der Waals surface area contributed by atoms with Gasteiger partial charge in [-0.25, -0.2) is 0 Å². The molecule has 0 fully saturated rings. The maximum Gasteiger partial charge on any atom is 0.306 e. The Hall–Kier alpha value is -1.59. The van der Waals surface area contributed by atoms with Crippen molar-refractivity contribution in [1.29, 1.82) is 0 Å². The number of hydrogen-bond donors (Lipinski definition) is 0. The molecule has 0 saturated heterocycles. The molecule has 0 aliphatic carbocycles. The maximum atomic E-state index is 12.8. The molecule has 0 aliphatic rings. The van der Waals surface area contributed by atoms with Gasteiger partial charge >= 0.3 is 17.9 Å². The quantitative estimate of drug-likeness (QED) is 0.0343. The van der Waals surface area contributed by atoms with Crippen molar-refractivity contribution in [3.05, 3.63) is 0 Å². The van der Waals surface area contributed by atoms with E-state index < -0.39 is 6.10 Å². The minimum atomic E-state index is -0.761. The van der Waals surface area contributed by atoms with E-state index in [9.17, 15) is 14.4 Å². The van der Waals surface area contributed by atoms with Gasteiger partial charge in [0.15, 0.2) is 6.10 Å². The van der Waals surface area contributed by atoms with Crippen molar-refractivity contribution in [2.45, 2.75) is 348 Å². The van der Waals surface area contributed by atoms with Crippen LogP contribution in [0.15, 0.2) is 0 Å².